The Hall–Kier alpha value is -2.70. The van der Waals surface area contributed by atoms with Crippen LogP contribution in [0.2, 0.25) is 0 Å². The van der Waals surface area contributed by atoms with Gasteiger partial charge < -0.3 is 14.7 Å². The van der Waals surface area contributed by atoms with Crippen molar-refractivity contribution >= 4 is 11.8 Å². The maximum Gasteiger partial charge on any atom is 0.259 e. The van der Waals surface area contributed by atoms with Crippen molar-refractivity contribution in [2.75, 3.05) is 13.1 Å². The van der Waals surface area contributed by atoms with Gasteiger partial charge in [-0.1, -0.05) is 25.1 Å². The van der Waals surface area contributed by atoms with Gasteiger partial charge in [0.05, 0.1) is 5.69 Å². The molecule has 26 heavy (non-hydrogen) atoms. The topological polar surface area (TPSA) is 88.3 Å². The molecule has 0 bridgehead atoms. The summed E-state index contributed by atoms with van der Waals surface area (Å²) >= 11 is 0. The molecule has 0 aromatic carbocycles. The molecule has 3 rings (SSSR count). The van der Waals surface area contributed by atoms with E-state index in [0.717, 1.165) is 12.8 Å². The molecule has 0 saturated carbocycles. The average molecular weight is 356 g/mol. The van der Waals surface area contributed by atoms with Crippen LogP contribution >= 0.6 is 0 Å². The number of carbonyl (C=O) groups is 2. The number of hydrogen-bond acceptors (Lipinski definition) is 5. The van der Waals surface area contributed by atoms with Gasteiger partial charge in [-0.05, 0) is 31.9 Å². The molecule has 138 valence electrons. The van der Waals surface area contributed by atoms with E-state index in [2.05, 4.69) is 15.5 Å². The molecule has 2 amide bonds. The van der Waals surface area contributed by atoms with Crippen molar-refractivity contribution in [3.63, 3.8) is 0 Å². The van der Waals surface area contributed by atoms with E-state index in [1.165, 1.54) is 0 Å². The van der Waals surface area contributed by atoms with Gasteiger partial charge in [0.2, 0.25) is 5.91 Å². The molecule has 0 aliphatic carbocycles. The molecule has 1 aliphatic heterocycles. The SMILES string of the molecule is Cc1onc(-c2ccccn2)c1C(=O)N1CCC(NC(=O)C(C)C)CC1. The van der Waals surface area contributed by atoms with Gasteiger partial charge in [0.1, 0.15) is 17.0 Å². The first-order valence-corrected chi connectivity index (χ1v) is 8.94. The van der Waals surface area contributed by atoms with Crippen LogP contribution in [0.3, 0.4) is 0 Å². The first kappa shape index (κ1) is 18.1. The number of amides is 2. The molecule has 0 atom stereocenters. The zero-order valence-corrected chi connectivity index (χ0v) is 15.4. The van der Waals surface area contributed by atoms with Crippen molar-refractivity contribution in [3.05, 3.63) is 35.7 Å². The number of pyridine rings is 1. The fourth-order valence-electron chi connectivity index (χ4n) is 3.05. The van der Waals surface area contributed by atoms with E-state index >= 15 is 0 Å². The van der Waals surface area contributed by atoms with Gasteiger partial charge in [0.15, 0.2) is 0 Å². The quantitative estimate of drug-likeness (QED) is 0.909. The van der Waals surface area contributed by atoms with Gasteiger partial charge in [-0.3, -0.25) is 14.6 Å². The molecule has 3 heterocycles. The molecule has 7 nitrogen and oxygen atoms in total. The normalized spacial score (nSPS) is 15.3. The highest BCUT2D eigenvalue weighted by Crippen LogP contribution is 2.26. The van der Waals surface area contributed by atoms with Gasteiger partial charge in [0.25, 0.3) is 5.91 Å². The standard InChI is InChI=1S/C19H24N4O3/c1-12(2)18(24)21-14-7-10-23(11-8-14)19(25)16-13(3)26-22-17(16)15-6-4-5-9-20-15/h4-6,9,12,14H,7-8,10-11H2,1-3H3,(H,21,24). The summed E-state index contributed by atoms with van der Waals surface area (Å²) in [6, 6.07) is 5.59. The molecule has 2 aromatic heterocycles. The lowest BCUT2D eigenvalue weighted by atomic mass is 10.0. The first-order chi connectivity index (χ1) is 12.5. The molecule has 0 radical (unpaired) electrons. The minimum absolute atomic E-state index is 0.0322. The third-order valence-electron chi connectivity index (χ3n) is 4.64. The fourth-order valence-corrected chi connectivity index (χ4v) is 3.05. The van der Waals surface area contributed by atoms with E-state index in [4.69, 9.17) is 4.52 Å². The Morgan fingerprint density at radius 3 is 2.62 bits per heavy atom. The fraction of sp³-hybridized carbons (Fsp3) is 0.474. The van der Waals surface area contributed by atoms with Crippen LogP contribution in [-0.4, -0.2) is 46.0 Å². The van der Waals surface area contributed by atoms with Crippen molar-refractivity contribution in [3.8, 4) is 11.4 Å². The minimum Gasteiger partial charge on any atom is -0.360 e. The number of nitrogens with one attached hydrogen (secondary N) is 1. The zero-order valence-electron chi connectivity index (χ0n) is 15.4. The number of rotatable bonds is 4. The number of carbonyl (C=O) groups excluding carboxylic acids is 2. The summed E-state index contributed by atoms with van der Waals surface area (Å²) in [5, 5.41) is 7.08. The molecule has 1 saturated heterocycles. The number of aromatic nitrogens is 2. The third-order valence-corrected chi connectivity index (χ3v) is 4.64. The predicted molar refractivity (Wildman–Crippen MR) is 96.4 cm³/mol. The second-order valence-electron chi connectivity index (χ2n) is 6.91. The largest absolute Gasteiger partial charge is 0.360 e. The Morgan fingerprint density at radius 2 is 2.00 bits per heavy atom. The maximum atomic E-state index is 13.0. The van der Waals surface area contributed by atoms with E-state index < -0.39 is 0 Å². The van der Waals surface area contributed by atoms with Crippen LogP contribution in [0.4, 0.5) is 0 Å². The van der Waals surface area contributed by atoms with Gasteiger partial charge in [-0.25, -0.2) is 0 Å². The lowest BCUT2D eigenvalue weighted by Gasteiger charge is -2.32. The second-order valence-corrected chi connectivity index (χ2v) is 6.91. The highest BCUT2D eigenvalue weighted by Gasteiger charge is 2.30. The van der Waals surface area contributed by atoms with Crippen LogP contribution in [0, 0.1) is 12.8 Å². The highest BCUT2D eigenvalue weighted by atomic mass is 16.5. The van der Waals surface area contributed by atoms with E-state index in [9.17, 15) is 9.59 Å². The molecule has 1 N–H and O–H groups in total. The molecule has 0 unspecified atom stereocenters. The number of nitrogens with zero attached hydrogens (tertiary/aromatic N) is 3. The Balaban J connectivity index is 1.70. The number of aryl methyl sites for hydroxylation is 1. The van der Waals surface area contributed by atoms with Crippen LogP contribution in [0.1, 0.15) is 42.8 Å². The predicted octanol–water partition coefficient (Wildman–Crippen LogP) is 2.42. The summed E-state index contributed by atoms with van der Waals surface area (Å²) in [4.78, 5) is 30.9. The van der Waals surface area contributed by atoms with Crippen molar-refractivity contribution in [2.24, 2.45) is 5.92 Å². The Bertz CT molecular complexity index is 777. The van der Waals surface area contributed by atoms with E-state index in [1.54, 1.807) is 18.0 Å². The summed E-state index contributed by atoms with van der Waals surface area (Å²) in [5.41, 5.74) is 1.56. The third kappa shape index (κ3) is 3.76. The lowest BCUT2D eigenvalue weighted by molar-refractivity contribution is -0.124. The maximum absolute atomic E-state index is 13.0. The Kier molecular flexibility index (Phi) is 5.35. The second kappa shape index (κ2) is 7.68. The summed E-state index contributed by atoms with van der Waals surface area (Å²) in [5.74, 6) is 0.418. The highest BCUT2D eigenvalue weighted by molar-refractivity contribution is 6.00. The summed E-state index contributed by atoms with van der Waals surface area (Å²) in [6.07, 6.45) is 3.15. The minimum atomic E-state index is -0.0990. The van der Waals surface area contributed by atoms with Crippen LogP contribution in [0.5, 0.6) is 0 Å². The molecular weight excluding hydrogens is 332 g/mol. The first-order valence-electron chi connectivity index (χ1n) is 8.94. The monoisotopic (exact) mass is 356 g/mol. The van der Waals surface area contributed by atoms with Crippen molar-refractivity contribution in [1.82, 2.24) is 20.4 Å². The van der Waals surface area contributed by atoms with E-state index in [0.29, 0.717) is 35.8 Å². The average Bonchev–Trinajstić information content (AvgIpc) is 3.04. The molecule has 7 heteroatoms. The molecule has 1 aliphatic rings. The van der Waals surface area contributed by atoms with Gasteiger partial charge >= 0.3 is 0 Å². The van der Waals surface area contributed by atoms with Crippen LogP contribution < -0.4 is 5.32 Å². The molecule has 1 fully saturated rings. The van der Waals surface area contributed by atoms with E-state index in [-0.39, 0.29) is 23.8 Å². The zero-order chi connectivity index (χ0) is 18.7. The Labute approximate surface area is 152 Å². The summed E-state index contributed by atoms with van der Waals surface area (Å²) in [7, 11) is 0. The van der Waals surface area contributed by atoms with Crippen LogP contribution in [0.15, 0.2) is 28.9 Å². The number of hydrogen-bond donors (Lipinski definition) is 1. The summed E-state index contributed by atoms with van der Waals surface area (Å²) in [6.45, 7) is 6.67. The molecule has 2 aromatic rings. The molecular formula is C19H24N4O3. The lowest BCUT2D eigenvalue weighted by Crippen LogP contribution is -2.47. The number of likely N-dealkylation sites (tertiary alicyclic amines) is 1. The van der Waals surface area contributed by atoms with Crippen molar-refractivity contribution < 1.29 is 14.1 Å². The van der Waals surface area contributed by atoms with Gasteiger partial charge in [0, 0.05) is 31.2 Å². The van der Waals surface area contributed by atoms with Gasteiger partial charge in [-0.2, -0.15) is 0 Å². The molecule has 0 spiro atoms. The van der Waals surface area contributed by atoms with Crippen LogP contribution in [-0.2, 0) is 4.79 Å². The smallest absolute Gasteiger partial charge is 0.259 e. The van der Waals surface area contributed by atoms with E-state index in [1.807, 2.05) is 32.0 Å². The number of piperidine rings is 1. The van der Waals surface area contributed by atoms with Crippen LogP contribution in [0.25, 0.3) is 11.4 Å². The van der Waals surface area contributed by atoms with Gasteiger partial charge in [-0.15, -0.1) is 0 Å². The van der Waals surface area contributed by atoms with Crippen molar-refractivity contribution in [2.45, 2.75) is 39.7 Å². The van der Waals surface area contributed by atoms with Crippen molar-refractivity contribution in [1.29, 1.82) is 0 Å². The summed E-state index contributed by atoms with van der Waals surface area (Å²) < 4.78 is 5.27. The Morgan fingerprint density at radius 1 is 1.27 bits per heavy atom.